The fourth-order valence-electron chi connectivity index (χ4n) is 3.30. The van der Waals surface area contributed by atoms with E-state index in [9.17, 15) is 0 Å². The Labute approximate surface area is 146 Å². The molecule has 0 aliphatic carbocycles. The van der Waals surface area contributed by atoms with Crippen molar-refractivity contribution in [3.05, 3.63) is 42.4 Å². The number of hydrogen-bond donors (Lipinski definition) is 1. The number of piperazine rings is 1. The topological polar surface area (TPSA) is 70.2 Å². The molecule has 1 atom stereocenters. The van der Waals surface area contributed by atoms with Crippen molar-refractivity contribution < 1.29 is 4.74 Å². The molecule has 130 valence electrons. The van der Waals surface area contributed by atoms with E-state index in [0.29, 0.717) is 6.04 Å². The summed E-state index contributed by atoms with van der Waals surface area (Å²) in [6.45, 7) is 6.01. The molecule has 0 amide bonds. The largest absolute Gasteiger partial charge is 0.497 e. The van der Waals surface area contributed by atoms with Crippen LogP contribution in [-0.4, -0.2) is 58.1 Å². The average molecular weight is 338 g/mol. The van der Waals surface area contributed by atoms with E-state index in [2.05, 4.69) is 48.8 Å². The molecule has 1 fully saturated rings. The van der Waals surface area contributed by atoms with Gasteiger partial charge in [-0.1, -0.05) is 12.1 Å². The van der Waals surface area contributed by atoms with E-state index in [-0.39, 0.29) is 0 Å². The molecule has 0 spiro atoms. The maximum absolute atomic E-state index is 5.34. The Kier molecular flexibility index (Phi) is 4.23. The van der Waals surface area contributed by atoms with E-state index in [1.165, 1.54) is 5.56 Å². The first-order valence-corrected chi connectivity index (χ1v) is 8.53. The molecule has 3 aromatic rings. The van der Waals surface area contributed by atoms with Crippen molar-refractivity contribution >= 4 is 17.1 Å². The van der Waals surface area contributed by atoms with Crippen LogP contribution < -0.4 is 9.64 Å². The van der Waals surface area contributed by atoms with Crippen LogP contribution in [0.4, 0.5) is 5.95 Å². The molecule has 0 bridgehead atoms. The number of aromatic amines is 1. The SMILES string of the molecule is COc1cccc(C(C)N2CCN(c3ncc4[nH]cnc4n3)CC2)c1. The number of nitrogens with one attached hydrogen (secondary N) is 1. The number of fused-ring (bicyclic) bond motifs is 1. The van der Waals surface area contributed by atoms with Crippen LogP contribution in [-0.2, 0) is 0 Å². The highest BCUT2D eigenvalue weighted by Gasteiger charge is 2.23. The second kappa shape index (κ2) is 6.68. The quantitative estimate of drug-likeness (QED) is 0.787. The van der Waals surface area contributed by atoms with Gasteiger partial charge < -0.3 is 14.6 Å². The molecular weight excluding hydrogens is 316 g/mol. The van der Waals surface area contributed by atoms with Gasteiger partial charge in [0.05, 0.1) is 19.6 Å². The van der Waals surface area contributed by atoms with Crippen LogP contribution in [0.3, 0.4) is 0 Å². The zero-order valence-electron chi connectivity index (χ0n) is 14.5. The summed E-state index contributed by atoms with van der Waals surface area (Å²) in [5.41, 5.74) is 2.87. The number of methoxy groups -OCH3 is 1. The van der Waals surface area contributed by atoms with E-state index >= 15 is 0 Å². The number of aromatic nitrogens is 4. The lowest BCUT2D eigenvalue weighted by molar-refractivity contribution is 0.197. The first kappa shape index (κ1) is 15.8. The molecule has 0 saturated carbocycles. The minimum absolute atomic E-state index is 0.354. The summed E-state index contributed by atoms with van der Waals surface area (Å²) in [6.07, 6.45) is 3.45. The first-order valence-electron chi connectivity index (χ1n) is 8.53. The lowest BCUT2D eigenvalue weighted by Crippen LogP contribution is -2.47. The minimum atomic E-state index is 0.354. The smallest absolute Gasteiger partial charge is 0.227 e. The van der Waals surface area contributed by atoms with Crippen LogP contribution in [0, 0.1) is 0 Å². The van der Waals surface area contributed by atoms with Gasteiger partial charge in [0, 0.05) is 32.2 Å². The Hall–Kier alpha value is -2.67. The number of hydrogen-bond acceptors (Lipinski definition) is 6. The van der Waals surface area contributed by atoms with Gasteiger partial charge in [-0.2, -0.15) is 4.98 Å². The van der Waals surface area contributed by atoms with Gasteiger partial charge in [0.15, 0.2) is 5.65 Å². The number of rotatable bonds is 4. The lowest BCUT2D eigenvalue weighted by Gasteiger charge is -2.38. The number of ether oxygens (including phenoxy) is 1. The van der Waals surface area contributed by atoms with Crippen molar-refractivity contribution in [1.29, 1.82) is 0 Å². The Morgan fingerprint density at radius 2 is 2.00 bits per heavy atom. The molecule has 1 aliphatic rings. The Balaban J connectivity index is 1.43. The molecule has 7 nitrogen and oxygen atoms in total. The summed E-state index contributed by atoms with van der Waals surface area (Å²) >= 11 is 0. The van der Waals surface area contributed by atoms with Crippen molar-refractivity contribution in [2.24, 2.45) is 0 Å². The van der Waals surface area contributed by atoms with Gasteiger partial charge in [0.2, 0.25) is 5.95 Å². The fraction of sp³-hybridized carbons (Fsp3) is 0.389. The van der Waals surface area contributed by atoms with Gasteiger partial charge in [0.25, 0.3) is 0 Å². The molecular formula is C18H22N6O. The zero-order valence-corrected chi connectivity index (χ0v) is 14.5. The van der Waals surface area contributed by atoms with E-state index in [4.69, 9.17) is 4.74 Å². The minimum Gasteiger partial charge on any atom is -0.497 e. The third-order valence-corrected chi connectivity index (χ3v) is 4.88. The molecule has 3 heterocycles. The van der Waals surface area contributed by atoms with Gasteiger partial charge in [-0.25, -0.2) is 9.97 Å². The standard InChI is InChI=1S/C18H22N6O/c1-13(14-4-3-5-15(10-14)25-2)23-6-8-24(9-7-23)18-19-11-16-17(22-18)21-12-20-16/h3-5,10-13H,6-9H2,1-2H3,(H,19,20,21,22). The molecule has 7 heteroatoms. The van der Waals surface area contributed by atoms with Gasteiger partial charge >= 0.3 is 0 Å². The van der Waals surface area contributed by atoms with E-state index < -0.39 is 0 Å². The summed E-state index contributed by atoms with van der Waals surface area (Å²) in [6, 6.07) is 8.66. The maximum atomic E-state index is 5.34. The lowest BCUT2D eigenvalue weighted by atomic mass is 10.1. The molecule has 25 heavy (non-hydrogen) atoms. The number of imidazole rings is 1. The van der Waals surface area contributed by atoms with Crippen molar-refractivity contribution in [1.82, 2.24) is 24.8 Å². The van der Waals surface area contributed by atoms with Crippen LogP contribution in [0.5, 0.6) is 5.75 Å². The normalized spacial score (nSPS) is 17.0. The number of anilines is 1. The predicted molar refractivity (Wildman–Crippen MR) is 96.9 cm³/mol. The highest BCUT2D eigenvalue weighted by atomic mass is 16.5. The average Bonchev–Trinajstić information content (AvgIpc) is 3.15. The molecule has 0 radical (unpaired) electrons. The van der Waals surface area contributed by atoms with Crippen LogP contribution in [0.25, 0.3) is 11.2 Å². The third kappa shape index (κ3) is 3.15. The van der Waals surface area contributed by atoms with Gasteiger partial charge in [-0.3, -0.25) is 4.90 Å². The van der Waals surface area contributed by atoms with Gasteiger partial charge in [-0.05, 0) is 24.6 Å². The van der Waals surface area contributed by atoms with Crippen LogP contribution in [0.1, 0.15) is 18.5 Å². The second-order valence-electron chi connectivity index (χ2n) is 6.29. The predicted octanol–water partition coefficient (Wildman–Crippen LogP) is 2.24. The van der Waals surface area contributed by atoms with Crippen molar-refractivity contribution in [3.63, 3.8) is 0 Å². The molecule has 1 unspecified atom stereocenters. The van der Waals surface area contributed by atoms with E-state index in [1.54, 1.807) is 19.6 Å². The molecule has 4 rings (SSSR count). The summed E-state index contributed by atoms with van der Waals surface area (Å²) in [5, 5.41) is 0. The number of H-pyrrole nitrogens is 1. The van der Waals surface area contributed by atoms with Gasteiger partial charge in [0.1, 0.15) is 11.3 Å². The summed E-state index contributed by atoms with van der Waals surface area (Å²) in [4.78, 5) is 21.0. The van der Waals surface area contributed by atoms with Crippen LogP contribution in [0.15, 0.2) is 36.8 Å². The zero-order chi connectivity index (χ0) is 17.2. The maximum Gasteiger partial charge on any atom is 0.227 e. The van der Waals surface area contributed by atoms with Crippen molar-refractivity contribution in [2.45, 2.75) is 13.0 Å². The second-order valence-corrected chi connectivity index (χ2v) is 6.29. The Bertz CT molecular complexity index is 855. The fourth-order valence-corrected chi connectivity index (χ4v) is 3.30. The highest BCUT2D eigenvalue weighted by Crippen LogP contribution is 2.25. The van der Waals surface area contributed by atoms with Gasteiger partial charge in [-0.15, -0.1) is 0 Å². The van der Waals surface area contributed by atoms with E-state index in [1.807, 2.05) is 12.1 Å². The van der Waals surface area contributed by atoms with Crippen molar-refractivity contribution in [2.75, 3.05) is 38.2 Å². The third-order valence-electron chi connectivity index (χ3n) is 4.88. The first-order chi connectivity index (χ1) is 12.2. The van der Waals surface area contributed by atoms with Crippen molar-refractivity contribution in [3.8, 4) is 5.75 Å². The molecule has 2 aromatic heterocycles. The molecule has 1 aliphatic heterocycles. The monoisotopic (exact) mass is 338 g/mol. The Morgan fingerprint density at radius 3 is 2.80 bits per heavy atom. The molecule has 1 N–H and O–H groups in total. The summed E-state index contributed by atoms with van der Waals surface area (Å²) in [7, 11) is 1.71. The van der Waals surface area contributed by atoms with Crippen LogP contribution in [0.2, 0.25) is 0 Å². The van der Waals surface area contributed by atoms with Crippen LogP contribution >= 0.6 is 0 Å². The summed E-state index contributed by atoms with van der Waals surface area (Å²) in [5.74, 6) is 1.66. The summed E-state index contributed by atoms with van der Waals surface area (Å²) < 4.78 is 5.34. The number of benzene rings is 1. The molecule has 1 aromatic carbocycles. The van der Waals surface area contributed by atoms with E-state index in [0.717, 1.165) is 49.0 Å². The Morgan fingerprint density at radius 1 is 1.16 bits per heavy atom. The highest BCUT2D eigenvalue weighted by molar-refractivity contribution is 5.69. The number of nitrogens with zero attached hydrogens (tertiary/aromatic N) is 5. The molecule has 1 saturated heterocycles.